The van der Waals surface area contributed by atoms with E-state index in [2.05, 4.69) is 25.4 Å². The Morgan fingerprint density at radius 2 is 1.64 bits per heavy atom. The maximum absolute atomic E-state index is 12.6. The summed E-state index contributed by atoms with van der Waals surface area (Å²) in [7, 11) is 2.29. The fourth-order valence-corrected chi connectivity index (χ4v) is 3.38. The molecule has 0 aromatic rings. The van der Waals surface area contributed by atoms with Gasteiger partial charge in [0.2, 0.25) is 17.7 Å². The molecule has 0 aliphatic carbocycles. The van der Waals surface area contributed by atoms with Gasteiger partial charge in [0.25, 0.3) is 0 Å². The molecule has 6 N–H and O–H groups in total. The van der Waals surface area contributed by atoms with Crippen LogP contribution in [0.4, 0.5) is 0 Å². The van der Waals surface area contributed by atoms with Gasteiger partial charge in [-0.15, -0.1) is 0 Å². The van der Waals surface area contributed by atoms with Crippen LogP contribution in [0.1, 0.15) is 33.6 Å². The summed E-state index contributed by atoms with van der Waals surface area (Å²) in [5.74, 6) is -3.50. The molecule has 0 saturated carbocycles. The van der Waals surface area contributed by atoms with Crippen LogP contribution in [-0.2, 0) is 42.9 Å². The predicted molar refractivity (Wildman–Crippen MR) is 119 cm³/mol. The van der Waals surface area contributed by atoms with Crippen molar-refractivity contribution >= 4 is 29.7 Å². The Morgan fingerprint density at radius 1 is 1.00 bits per heavy atom. The summed E-state index contributed by atoms with van der Waals surface area (Å²) in [5.41, 5.74) is 0. The molecule has 8 atom stereocenters. The lowest BCUT2D eigenvalue weighted by atomic mass is 9.96. The minimum absolute atomic E-state index is 0.0915. The lowest BCUT2D eigenvalue weighted by molar-refractivity contribution is -0.266. The smallest absolute Gasteiger partial charge is 0.328 e. The van der Waals surface area contributed by atoms with Crippen LogP contribution in [0.2, 0.25) is 0 Å². The van der Waals surface area contributed by atoms with Gasteiger partial charge in [0.05, 0.1) is 20.8 Å². The molecule has 0 radical (unpaired) electrons. The zero-order valence-electron chi connectivity index (χ0n) is 20.8. The van der Waals surface area contributed by atoms with Crippen LogP contribution in [0.15, 0.2) is 0 Å². The summed E-state index contributed by atoms with van der Waals surface area (Å²) in [6.07, 6.45) is -7.28. The average Bonchev–Trinajstić information content (AvgIpc) is 2.84. The topological polar surface area (TPSA) is 219 Å². The van der Waals surface area contributed by atoms with Gasteiger partial charge in [-0.25, -0.2) is 4.79 Å². The Hall–Kier alpha value is -2.85. The Balaban J connectivity index is 2.82. The molecule has 0 bridgehead atoms. The average molecular weight is 522 g/mol. The van der Waals surface area contributed by atoms with Gasteiger partial charge in [-0.1, -0.05) is 0 Å². The number of hydrogen-bond acceptors (Lipinski definition) is 12. The molecule has 1 heterocycles. The monoisotopic (exact) mass is 521 g/mol. The van der Waals surface area contributed by atoms with Gasteiger partial charge in [-0.05, 0) is 20.3 Å². The van der Waals surface area contributed by atoms with E-state index in [1.165, 1.54) is 21.0 Å². The number of carbonyl (C=O) groups is 5. The molecule has 15 heteroatoms. The highest BCUT2D eigenvalue weighted by atomic mass is 16.6. The van der Waals surface area contributed by atoms with Crippen LogP contribution in [0.25, 0.3) is 0 Å². The molecule has 15 nitrogen and oxygen atoms in total. The van der Waals surface area contributed by atoms with E-state index in [9.17, 15) is 39.3 Å². The largest absolute Gasteiger partial charge is 0.469 e. The predicted octanol–water partition coefficient (Wildman–Crippen LogP) is -3.55. The second kappa shape index (κ2) is 14.6. The van der Waals surface area contributed by atoms with Gasteiger partial charge in [-0.3, -0.25) is 19.2 Å². The molecule has 3 amide bonds. The summed E-state index contributed by atoms with van der Waals surface area (Å²) in [6, 6.07) is -3.58. The number of aliphatic hydroxyl groups excluding tert-OH is 3. The Morgan fingerprint density at radius 3 is 2.17 bits per heavy atom. The van der Waals surface area contributed by atoms with Gasteiger partial charge in [0.1, 0.15) is 42.5 Å². The van der Waals surface area contributed by atoms with Crippen molar-refractivity contribution in [2.45, 2.75) is 82.4 Å². The molecule has 206 valence electrons. The summed E-state index contributed by atoms with van der Waals surface area (Å²) in [4.78, 5) is 60.0. The zero-order valence-corrected chi connectivity index (χ0v) is 20.8. The van der Waals surface area contributed by atoms with Crippen molar-refractivity contribution in [2.75, 3.05) is 20.8 Å². The zero-order chi connectivity index (χ0) is 27.6. The molecular weight excluding hydrogens is 486 g/mol. The minimum atomic E-state index is -1.64. The van der Waals surface area contributed by atoms with Crippen LogP contribution in [-0.4, -0.2) is 115 Å². The third kappa shape index (κ3) is 8.98. The second-order valence-corrected chi connectivity index (χ2v) is 8.14. The molecule has 0 aromatic carbocycles. The Bertz CT molecular complexity index is 794. The van der Waals surface area contributed by atoms with Gasteiger partial charge >= 0.3 is 11.9 Å². The van der Waals surface area contributed by atoms with Crippen molar-refractivity contribution < 1.29 is 58.2 Å². The molecule has 1 aliphatic rings. The maximum Gasteiger partial charge on any atom is 0.328 e. The van der Waals surface area contributed by atoms with Gasteiger partial charge in [0, 0.05) is 13.3 Å². The summed E-state index contributed by atoms with van der Waals surface area (Å²) >= 11 is 0. The molecule has 1 unspecified atom stereocenters. The van der Waals surface area contributed by atoms with E-state index in [0.29, 0.717) is 0 Å². The molecule has 0 aromatic heterocycles. The number of ether oxygens (including phenoxy) is 4. The molecule has 1 saturated heterocycles. The number of amides is 3. The number of nitrogens with one attached hydrogen (secondary N) is 3. The number of esters is 2. The van der Waals surface area contributed by atoms with Gasteiger partial charge < -0.3 is 50.2 Å². The quantitative estimate of drug-likeness (QED) is 0.138. The van der Waals surface area contributed by atoms with E-state index >= 15 is 0 Å². The number of hydrogen-bond donors (Lipinski definition) is 6. The van der Waals surface area contributed by atoms with Crippen molar-refractivity contribution in [3.8, 4) is 0 Å². The third-order valence-electron chi connectivity index (χ3n) is 5.39. The van der Waals surface area contributed by atoms with Crippen LogP contribution >= 0.6 is 0 Å². The first-order valence-corrected chi connectivity index (χ1v) is 11.2. The summed E-state index contributed by atoms with van der Waals surface area (Å²) < 4.78 is 19.8. The lowest BCUT2D eigenvalue weighted by Gasteiger charge is -2.43. The molecule has 1 fully saturated rings. The Kier molecular flexibility index (Phi) is 12.7. The Labute approximate surface area is 207 Å². The second-order valence-electron chi connectivity index (χ2n) is 8.14. The minimum Gasteiger partial charge on any atom is -0.469 e. The maximum atomic E-state index is 12.6. The molecule has 1 rings (SSSR count). The molecule has 1 aliphatic heterocycles. The van der Waals surface area contributed by atoms with Crippen LogP contribution in [0.5, 0.6) is 0 Å². The molecule has 36 heavy (non-hydrogen) atoms. The fourth-order valence-electron chi connectivity index (χ4n) is 3.38. The van der Waals surface area contributed by atoms with E-state index in [0.717, 1.165) is 14.0 Å². The summed E-state index contributed by atoms with van der Waals surface area (Å²) in [5, 5.41) is 37.1. The lowest BCUT2D eigenvalue weighted by Crippen LogP contribution is -2.65. The van der Waals surface area contributed by atoms with Gasteiger partial charge in [0.15, 0.2) is 6.29 Å². The van der Waals surface area contributed by atoms with Crippen LogP contribution in [0, 0.1) is 0 Å². The highest BCUT2D eigenvalue weighted by Crippen LogP contribution is 2.23. The van der Waals surface area contributed by atoms with Crippen molar-refractivity contribution in [1.29, 1.82) is 0 Å². The van der Waals surface area contributed by atoms with Crippen LogP contribution < -0.4 is 16.0 Å². The third-order valence-corrected chi connectivity index (χ3v) is 5.39. The SMILES string of the molecule is COC(=O)CC[C@@H](NC(=O)[C@H](C)NC(=O)C(C)O[C@H]1[C@H](O)[C@@H](CO)O[C@H](O)[C@@H]1NC(C)=O)C(=O)OC. The summed E-state index contributed by atoms with van der Waals surface area (Å²) in [6.45, 7) is 3.14. The van der Waals surface area contributed by atoms with E-state index < -0.39 is 85.1 Å². The normalized spacial score (nSPS) is 26.1. The van der Waals surface area contributed by atoms with Crippen LogP contribution in [0.3, 0.4) is 0 Å². The van der Waals surface area contributed by atoms with Crippen molar-refractivity contribution in [3.63, 3.8) is 0 Å². The van der Waals surface area contributed by atoms with Crippen molar-refractivity contribution in [2.24, 2.45) is 0 Å². The highest BCUT2D eigenvalue weighted by molar-refractivity contribution is 5.91. The standard InChI is InChI=1S/C21H35N3O12/c1-9(18(29)24-12(20(31)34-5)6-7-14(27)33-4)22-19(30)10(2)35-17-15(23-11(3)26)21(32)36-13(8-25)16(17)28/h9-10,12-13,15-17,21,25,28,32H,6-8H2,1-5H3,(H,22,30)(H,23,26)(H,24,29)/t9-,10?,12+,13+,15+,16+,17+,21-/m0/s1. The van der Waals surface area contributed by atoms with E-state index in [4.69, 9.17) is 9.47 Å². The first kappa shape index (κ1) is 31.2. The highest BCUT2D eigenvalue weighted by Gasteiger charge is 2.47. The number of aliphatic hydroxyl groups is 3. The van der Waals surface area contributed by atoms with E-state index in [1.54, 1.807) is 0 Å². The number of rotatable bonds is 12. The molecule has 0 spiro atoms. The number of carbonyl (C=O) groups excluding carboxylic acids is 5. The van der Waals surface area contributed by atoms with E-state index in [-0.39, 0.29) is 12.8 Å². The van der Waals surface area contributed by atoms with Crippen molar-refractivity contribution in [3.05, 3.63) is 0 Å². The van der Waals surface area contributed by atoms with Crippen molar-refractivity contribution in [1.82, 2.24) is 16.0 Å². The number of methoxy groups -OCH3 is 2. The van der Waals surface area contributed by atoms with E-state index in [1.807, 2.05) is 0 Å². The fraction of sp³-hybridized carbons (Fsp3) is 0.762. The first-order valence-electron chi connectivity index (χ1n) is 11.2. The first-order chi connectivity index (χ1) is 16.9. The molecular formula is C21H35N3O12. The van der Waals surface area contributed by atoms with Gasteiger partial charge in [-0.2, -0.15) is 0 Å².